The van der Waals surface area contributed by atoms with Gasteiger partial charge in [0.05, 0.1) is 0 Å². The van der Waals surface area contributed by atoms with Crippen LogP contribution in [0.4, 0.5) is 5.69 Å². The normalized spacial score (nSPS) is 10.6. The Labute approximate surface area is 163 Å². The van der Waals surface area contributed by atoms with Gasteiger partial charge in [0.25, 0.3) is 5.91 Å². The minimum absolute atomic E-state index is 0.224. The van der Waals surface area contributed by atoms with Crippen LogP contribution in [0.15, 0.2) is 47.0 Å². The summed E-state index contributed by atoms with van der Waals surface area (Å²) in [4.78, 5) is 24.8. The van der Waals surface area contributed by atoms with Gasteiger partial charge in [-0.3, -0.25) is 4.79 Å². The van der Waals surface area contributed by atoms with Crippen LogP contribution in [0.3, 0.4) is 0 Å². The van der Waals surface area contributed by atoms with Crippen LogP contribution in [0.1, 0.15) is 32.8 Å². The van der Waals surface area contributed by atoms with Crippen LogP contribution in [0, 0.1) is 27.7 Å². The number of rotatable bonds is 5. The van der Waals surface area contributed by atoms with Crippen molar-refractivity contribution >= 4 is 17.6 Å². The molecule has 0 aliphatic rings. The van der Waals surface area contributed by atoms with Crippen molar-refractivity contribution < 1.29 is 18.8 Å². The number of hydrogen-bond acceptors (Lipinski definition) is 5. The van der Waals surface area contributed by atoms with Gasteiger partial charge in [0.2, 0.25) is 0 Å². The molecule has 1 N–H and O–H groups in total. The van der Waals surface area contributed by atoms with Crippen molar-refractivity contribution in [3.05, 3.63) is 70.5 Å². The number of carbonyl (C=O) groups excluding carboxylic acids is 2. The molecule has 0 aliphatic carbocycles. The molecule has 0 saturated carbocycles. The van der Waals surface area contributed by atoms with E-state index >= 15 is 0 Å². The van der Waals surface area contributed by atoms with E-state index in [-0.39, 0.29) is 5.56 Å². The molecule has 3 aromatic rings. The minimum Gasteiger partial charge on any atom is -0.452 e. The Morgan fingerprint density at radius 1 is 1.04 bits per heavy atom. The molecule has 0 spiro atoms. The number of aryl methyl sites for hydroxylation is 4. The second kappa shape index (κ2) is 8.08. The van der Waals surface area contributed by atoms with E-state index in [1.165, 1.54) is 0 Å². The maximum atomic E-state index is 12.6. The van der Waals surface area contributed by atoms with E-state index in [2.05, 4.69) is 10.5 Å². The number of hydrogen-bond donors (Lipinski definition) is 1. The van der Waals surface area contributed by atoms with E-state index < -0.39 is 18.5 Å². The van der Waals surface area contributed by atoms with Crippen LogP contribution in [0.2, 0.25) is 0 Å². The molecule has 144 valence electrons. The van der Waals surface area contributed by atoms with Gasteiger partial charge in [-0.2, -0.15) is 0 Å². The van der Waals surface area contributed by atoms with Crippen LogP contribution < -0.4 is 5.32 Å². The Hall–Kier alpha value is -3.41. The van der Waals surface area contributed by atoms with E-state index in [1.54, 1.807) is 6.92 Å². The summed E-state index contributed by atoms with van der Waals surface area (Å²) in [6.07, 6.45) is 0. The summed E-state index contributed by atoms with van der Waals surface area (Å²) in [6, 6.07) is 13.2. The SMILES string of the molecule is Cc1cc(C)c(NC(=O)COC(=O)c2c(-c3ccccc3)noc2C)c(C)c1. The standard InChI is InChI=1S/C22H22N2O4/c1-13-10-14(2)20(15(3)11-13)23-18(25)12-27-22(26)19-16(4)28-24-21(19)17-8-6-5-7-9-17/h5-11H,12H2,1-4H3,(H,23,25). The maximum Gasteiger partial charge on any atom is 0.344 e. The molecule has 0 unspecified atom stereocenters. The fraction of sp³-hybridized carbons (Fsp3) is 0.227. The molecule has 2 aromatic carbocycles. The Balaban J connectivity index is 1.70. The second-order valence-corrected chi connectivity index (χ2v) is 6.73. The predicted octanol–water partition coefficient (Wildman–Crippen LogP) is 4.37. The number of anilines is 1. The molecule has 6 heteroatoms. The first-order valence-corrected chi connectivity index (χ1v) is 8.93. The monoisotopic (exact) mass is 378 g/mol. The van der Waals surface area contributed by atoms with E-state index in [0.717, 1.165) is 27.9 Å². The van der Waals surface area contributed by atoms with Gasteiger partial charge in [-0.05, 0) is 38.8 Å². The van der Waals surface area contributed by atoms with Crippen molar-refractivity contribution in [3.63, 3.8) is 0 Å². The fourth-order valence-corrected chi connectivity index (χ4v) is 3.16. The van der Waals surface area contributed by atoms with Gasteiger partial charge in [0.15, 0.2) is 6.61 Å². The first-order chi connectivity index (χ1) is 13.4. The summed E-state index contributed by atoms with van der Waals surface area (Å²) in [5.41, 5.74) is 5.13. The third kappa shape index (κ3) is 4.11. The lowest BCUT2D eigenvalue weighted by molar-refractivity contribution is -0.119. The fourth-order valence-electron chi connectivity index (χ4n) is 3.16. The zero-order valence-electron chi connectivity index (χ0n) is 16.3. The molecule has 28 heavy (non-hydrogen) atoms. The highest BCUT2D eigenvalue weighted by Crippen LogP contribution is 2.26. The molecule has 1 aromatic heterocycles. The number of nitrogens with zero attached hydrogens (tertiary/aromatic N) is 1. The molecule has 1 heterocycles. The smallest absolute Gasteiger partial charge is 0.344 e. The zero-order chi connectivity index (χ0) is 20.3. The molecule has 6 nitrogen and oxygen atoms in total. The Kier molecular flexibility index (Phi) is 5.59. The third-order valence-electron chi connectivity index (χ3n) is 4.39. The average Bonchev–Trinajstić information content (AvgIpc) is 3.05. The number of benzene rings is 2. The van der Waals surface area contributed by atoms with Crippen LogP contribution >= 0.6 is 0 Å². The van der Waals surface area contributed by atoms with Crippen molar-refractivity contribution in [3.8, 4) is 11.3 Å². The van der Waals surface area contributed by atoms with E-state index in [1.807, 2.05) is 63.2 Å². The number of aromatic nitrogens is 1. The number of nitrogens with one attached hydrogen (secondary N) is 1. The lowest BCUT2D eigenvalue weighted by Gasteiger charge is -2.13. The molecule has 0 atom stereocenters. The highest BCUT2D eigenvalue weighted by atomic mass is 16.5. The molecule has 0 aliphatic heterocycles. The highest BCUT2D eigenvalue weighted by molar-refractivity contribution is 5.99. The molecule has 0 bridgehead atoms. The van der Waals surface area contributed by atoms with Crippen molar-refractivity contribution in [2.24, 2.45) is 0 Å². The van der Waals surface area contributed by atoms with Gasteiger partial charge < -0.3 is 14.6 Å². The lowest BCUT2D eigenvalue weighted by atomic mass is 10.1. The summed E-state index contributed by atoms with van der Waals surface area (Å²) in [5, 5.41) is 6.77. The van der Waals surface area contributed by atoms with Gasteiger partial charge >= 0.3 is 5.97 Å². The number of amides is 1. The topological polar surface area (TPSA) is 81.4 Å². The van der Waals surface area contributed by atoms with Crippen LogP contribution in [0.5, 0.6) is 0 Å². The van der Waals surface area contributed by atoms with E-state index in [0.29, 0.717) is 11.5 Å². The van der Waals surface area contributed by atoms with Gasteiger partial charge in [0, 0.05) is 11.3 Å². The second-order valence-electron chi connectivity index (χ2n) is 6.73. The average molecular weight is 378 g/mol. The highest BCUT2D eigenvalue weighted by Gasteiger charge is 2.23. The molecular weight excluding hydrogens is 356 g/mol. The van der Waals surface area contributed by atoms with Crippen molar-refractivity contribution in [1.82, 2.24) is 5.16 Å². The van der Waals surface area contributed by atoms with Gasteiger partial charge in [-0.15, -0.1) is 0 Å². The largest absolute Gasteiger partial charge is 0.452 e. The van der Waals surface area contributed by atoms with Gasteiger partial charge in [-0.1, -0.05) is 53.2 Å². The minimum atomic E-state index is -0.648. The van der Waals surface area contributed by atoms with Crippen molar-refractivity contribution in [1.29, 1.82) is 0 Å². The predicted molar refractivity (Wildman–Crippen MR) is 106 cm³/mol. The van der Waals surface area contributed by atoms with Crippen LogP contribution in [-0.2, 0) is 9.53 Å². The summed E-state index contributed by atoms with van der Waals surface area (Å²) in [5.74, 6) is -0.710. The Morgan fingerprint density at radius 3 is 2.32 bits per heavy atom. The number of ether oxygens (including phenoxy) is 1. The van der Waals surface area contributed by atoms with Crippen LogP contribution in [-0.4, -0.2) is 23.6 Å². The summed E-state index contributed by atoms with van der Waals surface area (Å²) in [6.45, 7) is 7.08. The first kappa shape index (κ1) is 19.4. The Bertz CT molecular complexity index is 999. The molecule has 0 saturated heterocycles. The first-order valence-electron chi connectivity index (χ1n) is 8.93. The zero-order valence-corrected chi connectivity index (χ0v) is 16.3. The van der Waals surface area contributed by atoms with E-state index in [9.17, 15) is 9.59 Å². The molecule has 0 fully saturated rings. The van der Waals surface area contributed by atoms with Crippen molar-refractivity contribution in [2.45, 2.75) is 27.7 Å². The van der Waals surface area contributed by atoms with Gasteiger partial charge in [0.1, 0.15) is 17.0 Å². The summed E-state index contributed by atoms with van der Waals surface area (Å²) >= 11 is 0. The van der Waals surface area contributed by atoms with Crippen molar-refractivity contribution in [2.75, 3.05) is 11.9 Å². The van der Waals surface area contributed by atoms with Gasteiger partial charge in [-0.25, -0.2) is 4.79 Å². The molecule has 1 amide bonds. The number of carbonyl (C=O) groups is 2. The molecular formula is C22H22N2O4. The maximum absolute atomic E-state index is 12.6. The summed E-state index contributed by atoms with van der Waals surface area (Å²) < 4.78 is 10.4. The van der Waals surface area contributed by atoms with E-state index in [4.69, 9.17) is 9.26 Å². The lowest BCUT2D eigenvalue weighted by Crippen LogP contribution is -2.22. The summed E-state index contributed by atoms with van der Waals surface area (Å²) in [7, 11) is 0. The van der Waals surface area contributed by atoms with Crippen LogP contribution in [0.25, 0.3) is 11.3 Å². The quantitative estimate of drug-likeness (QED) is 0.667. The number of esters is 1. The molecule has 3 rings (SSSR count). The molecule has 0 radical (unpaired) electrons. The Morgan fingerprint density at radius 2 is 1.68 bits per heavy atom. The third-order valence-corrected chi connectivity index (χ3v) is 4.39.